The van der Waals surface area contributed by atoms with E-state index in [9.17, 15) is 30.0 Å². The Kier molecular flexibility index (Phi) is 39.0. The predicted molar refractivity (Wildman–Crippen MR) is 243 cm³/mol. The summed E-state index contributed by atoms with van der Waals surface area (Å²) in [7, 11) is 0. The Morgan fingerprint density at radius 3 is 1.30 bits per heavy atom. The molecule has 0 aromatic rings. The number of esters is 2. The molecule has 1 rings (SSSR count). The Bertz CT molecular complexity index is 990. The second kappa shape index (κ2) is 41.5. The molecule has 1 saturated heterocycles. The quantitative estimate of drug-likeness (QED) is 0.0265. The fraction of sp³-hybridized carbons (Fsp3) is 0.920. The van der Waals surface area contributed by atoms with Gasteiger partial charge in [-0.2, -0.15) is 0 Å². The van der Waals surface area contributed by atoms with Gasteiger partial charge in [0.15, 0.2) is 12.4 Å². The molecule has 1 aliphatic rings. The average molecular weight is 855 g/mol. The van der Waals surface area contributed by atoms with Gasteiger partial charge in [0.2, 0.25) is 0 Å². The first kappa shape index (κ1) is 56.5. The lowest BCUT2D eigenvalue weighted by Crippen LogP contribution is -2.59. The lowest BCUT2D eigenvalue weighted by Gasteiger charge is -2.39. The molecule has 354 valence electrons. The van der Waals surface area contributed by atoms with Crippen molar-refractivity contribution in [2.24, 2.45) is 0 Å². The molecule has 0 amide bonds. The van der Waals surface area contributed by atoms with E-state index in [4.69, 9.17) is 18.9 Å². The molecule has 0 radical (unpaired) electrons. The zero-order chi connectivity index (χ0) is 43.7. The zero-order valence-corrected chi connectivity index (χ0v) is 38.7. The van der Waals surface area contributed by atoms with Crippen molar-refractivity contribution in [3.63, 3.8) is 0 Å². The third kappa shape index (κ3) is 32.2. The van der Waals surface area contributed by atoms with Crippen molar-refractivity contribution >= 4 is 11.9 Å². The van der Waals surface area contributed by atoms with Crippen LogP contribution in [0.2, 0.25) is 0 Å². The highest BCUT2D eigenvalue weighted by Crippen LogP contribution is 2.23. The van der Waals surface area contributed by atoms with Gasteiger partial charge < -0.3 is 39.4 Å². The van der Waals surface area contributed by atoms with Crippen LogP contribution in [0.4, 0.5) is 0 Å². The van der Waals surface area contributed by atoms with Gasteiger partial charge >= 0.3 is 11.9 Å². The van der Waals surface area contributed by atoms with Crippen LogP contribution in [0.15, 0.2) is 12.2 Å². The number of aliphatic hydroxyl groups excluding tert-OH is 4. The van der Waals surface area contributed by atoms with Gasteiger partial charge in [0.1, 0.15) is 31.0 Å². The smallest absolute Gasteiger partial charge is 0.306 e. The van der Waals surface area contributed by atoms with Gasteiger partial charge in [0, 0.05) is 12.8 Å². The summed E-state index contributed by atoms with van der Waals surface area (Å²) in [6, 6.07) is 0. The van der Waals surface area contributed by atoms with E-state index >= 15 is 0 Å². The van der Waals surface area contributed by atoms with Crippen LogP contribution in [-0.2, 0) is 28.5 Å². The highest BCUT2D eigenvalue weighted by molar-refractivity contribution is 5.70. The van der Waals surface area contributed by atoms with Crippen molar-refractivity contribution in [2.75, 3.05) is 19.8 Å². The molecule has 10 nitrogen and oxygen atoms in total. The SMILES string of the molecule is CCCCCCCC/C=C/CCCCCCCCCCCCCC(=O)O[C@H](COC(=O)CCCCCCCCCCCCCCCC)CO[C@@H]1O[C@H](CO)[C@H](O)C(O)C1O. The maximum absolute atomic E-state index is 12.8. The molecule has 4 N–H and O–H groups in total. The minimum absolute atomic E-state index is 0.211. The summed E-state index contributed by atoms with van der Waals surface area (Å²) in [5.41, 5.74) is 0. The Hall–Kier alpha value is -1.56. The predicted octanol–water partition coefficient (Wildman–Crippen LogP) is 11.5. The third-order valence-electron chi connectivity index (χ3n) is 11.9. The molecule has 0 bridgehead atoms. The van der Waals surface area contributed by atoms with Gasteiger partial charge in [-0.1, -0.05) is 199 Å². The van der Waals surface area contributed by atoms with Crippen molar-refractivity contribution in [3.05, 3.63) is 12.2 Å². The van der Waals surface area contributed by atoms with Crippen LogP contribution >= 0.6 is 0 Å². The minimum atomic E-state index is -1.59. The number of unbranched alkanes of at least 4 members (excludes halogenated alkanes) is 30. The number of carbonyl (C=O) groups excluding carboxylic acids is 2. The van der Waals surface area contributed by atoms with E-state index in [0.717, 1.165) is 38.5 Å². The van der Waals surface area contributed by atoms with Crippen molar-refractivity contribution in [2.45, 2.75) is 275 Å². The van der Waals surface area contributed by atoms with E-state index in [1.165, 1.54) is 167 Å². The minimum Gasteiger partial charge on any atom is -0.462 e. The van der Waals surface area contributed by atoms with E-state index in [0.29, 0.717) is 6.42 Å². The first-order valence-corrected chi connectivity index (χ1v) is 25.3. The summed E-state index contributed by atoms with van der Waals surface area (Å²) in [5.74, 6) is -0.793. The van der Waals surface area contributed by atoms with Gasteiger partial charge in [0.05, 0.1) is 13.2 Å². The molecule has 1 fully saturated rings. The van der Waals surface area contributed by atoms with E-state index in [1.807, 2.05) is 0 Å². The van der Waals surface area contributed by atoms with Gasteiger partial charge in [-0.15, -0.1) is 0 Å². The standard InChI is InChI=1S/C50H94O10/c1-3-5-7-9-11-13-15-17-19-20-21-22-23-24-25-27-29-31-33-35-37-39-46(53)59-43(42-58-50-49(56)48(55)47(54)44(40-51)60-50)41-57-45(52)38-36-34-32-30-28-26-18-16-14-12-10-8-6-4-2/h17,19,43-44,47-51,54-56H,3-16,18,20-42H2,1-2H3/b19-17+/t43-,44-,47+,48?,49?,50-/m1/s1. The fourth-order valence-electron chi connectivity index (χ4n) is 7.89. The Labute approximate surface area is 367 Å². The molecule has 10 heteroatoms. The first-order chi connectivity index (χ1) is 29.3. The summed E-state index contributed by atoms with van der Waals surface area (Å²) in [4.78, 5) is 25.4. The molecule has 60 heavy (non-hydrogen) atoms. The van der Waals surface area contributed by atoms with Crippen LogP contribution in [0.3, 0.4) is 0 Å². The van der Waals surface area contributed by atoms with Crippen LogP contribution < -0.4 is 0 Å². The maximum Gasteiger partial charge on any atom is 0.306 e. The molecule has 0 spiro atoms. The first-order valence-electron chi connectivity index (χ1n) is 25.3. The maximum atomic E-state index is 12.8. The third-order valence-corrected chi connectivity index (χ3v) is 11.9. The zero-order valence-electron chi connectivity index (χ0n) is 38.7. The van der Waals surface area contributed by atoms with E-state index in [-0.39, 0.29) is 32.0 Å². The van der Waals surface area contributed by atoms with Gasteiger partial charge in [0.25, 0.3) is 0 Å². The van der Waals surface area contributed by atoms with Crippen LogP contribution in [0, 0.1) is 0 Å². The molecule has 1 aliphatic heterocycles. The van der Waals surface area contributed by atoms with Gasteiger partial charge in [-0.05, 0) is 38.5 Å². The Balaban J connectivity index is 2.25. The molecule has 0 aliphatic carbocycles. The summed E-state index contributed by atoms with van der Waals surface area (Å²) in [6.45, 7) is 3.46. The molecule has 0 aromatic carbocycles. The second-order valence-corrected chi connectivity index (χ2v) is 17.6. The lowest BCUT2D eigenvalue weighted by atomic mass is 9.99. The number of ether oxygens (including phenoxy) is 4. The number of hydrogen-bond donors (Lipinski definition) is 4. The number of allylic oxidation sites excluding steroid dienone is 2. The highest BCUT2D eigenvalue weighted by Gasteiger charge is 2.44. The number of aliphatic hydroxyl groups is 4. The summed E-state index contributed by atoms with van der Waals surface area (Å²) in [5, 5.41) is 40.2. The highest BCUT2D eigenvalue weighted by atomic mass is 16.7. The van der Waals surface area contributed by atoms with Crippen LogP contribution in [0.1, 0.15) is 239 Å². The molecule has 0 aromatic heterocycles. The van der Waals surface area contributed by atoms with Crippen molar-refractivity contribution in [3.8, 4) is 0 Å². The molecule has 0 saturated carbocycles. The topological polar surface area (TPSA) is 152 Å². The monoisotopic (exact) mass is 855 g/mol. The fourth-order valence-corrected chi connectivity index (χ4v) is 7.89. The Morgan fingerprint density at radius 2 is 0.883 bits per heavy atom. The summed E-state index contributed by atoms with van der Waals surface area (Å²) >= 11 is 0. The Morgan fingerprint density at radius 1 is 0.500 bits per heavy atom. The molecular weight excluding hydrogens is 761 g/mol. The normalized spacial score (nSPS) is 19.9. The lowest BCUT2D eigenvalue weighted by molar-refractivity contribution is -0.305. The number of hydrogen-bond acceptors (Lipinski definition) is 10. The van der Waals surface area contributed by atoms with Gasteiger partial charge in [-0.3, -0.25) is 9.59 Å². The van der Waals surface area contributed by atoms with Crippen molar-refractivity contribution in [1.82, 2.24) is 0 Å². The number of rotatable bonds is 43. The van der Waals surface area contributed by atoms with Crippen LogP contribution in [-0.4, -0.2) is 89.0 Å². The summed E-state index contributed by atoms with van der Waals surface area (Å²) < 4.78 is 22.2. The van der Waals surface area contributed by atoms with Gasteiger partial charge in [-0.25, -0.2) is 0 Å². The van der Waals surface area contributed by atoms with Crippen molar-refractivity contribution in [1.29, 1.82) is 0 Å². The molecule has 1 heterocycles. The van der Waals surface area contributed by atoms with Crippen LogP contribution in [0.5, 0.6) is 0 Å². The average Bonchev–Trinajstić information content (AvgIpc) is 3.25. The number of carbonyl (C=O) groups is 2. The molecule has 2 unspecified atom stereocenters. The van der Waals surface area contributed by atoms with Crippen molar-refractivity contribution < 1.29 is 49.0 Å². The molecular formula is C50H94O10. The van der Waals surface area contributed by atoms with E-state index in [2.05, 4.69) is 26.0 Å². The largest absolute Gasteiger partial charge is 0.462 e. The summed E-state index contributed by atoms with van der Waals surface area (Å²) in [6.07, 6.45) is 37.9. The van der Waals surface area contributed by atoms with E-state index in [1.54, 1.807) is 0 Å². The van der Waals surface area contributed by atoms with E-state index < -0.39 is 49.4 Å². The molecule has 6 atom stereocenters. The van der Waals surface area contributed by atoms with Crippen LogP contribution in [0.25, 0.3) is 0 Å². The second-order valence-electron chi connectivity index (χ2n) is 17.6.